The van der Waals surface area contributed by atoms with Gasteiger partial charge >= 0.3 is 12.1 Å². The van der Waals surface area contributed by atoms with Crippen molar-refractivity contribution in [1.82, 2.24) is 39.4 Å². The van der Waals surface area contributed by atoms with Crippen LogP contribution in [-0.2, 0) is 22.8 Å². The molecule has 0 radical (unpaired) electrons. The lowest BCUT2D eigenvalue weighted by Gasteiger charge is -2.46. The van der Waals surface area contributed by atoms with E-state index in [4.69, 9.17) is 16.3 Å². The van der Waals surface area contributed by atoms with Crippen molar-refractivity contribution in [1.29, 1.82) is 0 Å². The summed E-state index contributed by atoms with van der Waals surface area (Å²) in [5.74, 6) is -1.51. The number of anilines is 1. The molecule has 3 aliphatic heterocycles. The van der Waals surface area contributed by atoms with Gasteiger partial charge in [0.2, 0.25) is 11.8 Å². The molecular formula is C38H43ClF3N10O6+. The fourth-order valence-electron chi connectivity index (χ4n) is 7.99. The Morgan fingerprint density at radius 2 is 1.72 bits per heavy atom. The molecule has 6 heterocycles. The zero-order valence-electron chi connectivity index (χ0n) is 31.8. The van der Waals surface area contributed by atoms with Gasteiger partial charge in [-0.3, -0.25) is 14.4 Å². The van der Waals surface area contributed by atoms with Gasteiger partial charge in [0.1, 0.15) is 0 Å². The standard InChI is InChI=1S/C38H42ClF3N10O6/c1-48-30(28-20-51(47-33(28)38(40,41)42)26-4-6-31(58-2)44-18-26)19-45-34(48)35(55)46-25-3-5-27(29(39)15-25)37(57)50-11-9-49(10-12-50)36(56)24-7-13-52(14-8-24,22-32(53)54)21-23-16-43-17-23/h3-6,15,18-20,23-24,43H,7-14,16-17,21-22H2,1-2H3,(H-,46,53,54,55,57)/p+1. The van der Waals surface area contributed by atoms with E-state index in [2.05, 4.69) is 25.7 Å². The van der Waals surface area contributed by atoms with E-state index in [0.717, 1.165) is 30.5 Å². The van der Waals surface area contributed by atoms with Gasteiger partial charge in [0.15, 0.2) is 18.1 Å². The number of alkyl halides is 3. The molecule has 7 rings (SSSR count). The number of carboxylic acid groups (broad SMARTS) is 1. The van der Waals surface area contributed by atoms with Gasteiger partial charge in [0.25, 0.3) is 11.8 Å². The number of benzene rings is 1. The molecule has 3 aliphatic rings. The SMILES string of the molecule is COc1ccc(-n2cc(-c3cnc(C(=O)Nc4ccc(C(=O)N5CCN(C(=O)C6CC[N+](CC(=O)O)(CC7CNC7)CC6)CC5)c(Cl)c4)n3C)c(C(F)(F)F)n2)cn1. The van der Waals surface area contributed by atoms with Crippen molar-refractivity contribution in [3.63, 3.8) is 0 Å². The van der Waals surface area contributed by atoms with Gasteiger partial charge in [0.05, 0.1) is 66.7 Å². The normalized spacial score (nSPS) is 20.1. The number of nitrogens with one attached hydrogen (secondary N) is 2. The molecule has 3 fully saturated rings. The number of amides is 3. The molecule has 1 aromatic carbocycles. The van der Waals surface area contributed by atoms with Gasteiger partial charge in [-0.25, -0.2) is 19.4 Å². The Morgan fingerprint density at radius 3 is 2.31 bits per heavy atom. The van der Waals surface area contributed by atoms with Crippen LogP contribution in [0.1, 0.15) is 39.5 Å². The van der Waals surface area contributed by atoms with Crippen molar-refractivity contribution in [2.75, 3.05) is 77.9 Å². The predicted molar refractivity (Wildman–Crippen MR) is 203 cm³/mol. The number of hydrogen-bond acceptors (Lipinski definition) is 9. The maximum Gasteiger partial charge on any atom is 0.435 e. The molecule has 0 spiro atoms. The maximum absolute atomic E-state index is 14.1. The quantitative estimate of drug-likeness (QED) is 0.190. The number of ether oxygens (including phenoxy) is 1. The number of halogens is 4. The van der Waals surface area contributed by atoms with Crippen LogP contribution in [0, 0.1) is 11.8 Å². The number of pyridine rings is 1. The first-order chi connectivity index (χ1) is 27.6. The number of aliphatic carboxylic acids is 1. The van der Waals surface area contributed by atoms with Crippen LogP contribution in [0.3, 0.4) is 0 Å². The van der Waals surface area contributed by atoms with Gasteiger partial charge in [-0.1, -0.05) is 11.6 Å². The van der Waals surface area contributed by atoms with Crippen molar-refractivity contribution in [3.05, 3.63) is 71.0 Å². The second-order valence-electron chi connectivity index (χ2n) is 15.0. The lowest BCUT2D eigenvalue weighted by molar-refractivity contribution is -0.929. The summed E-state index contributed by atoms with van der Waals surface area (Å²) in [5.41, 5.74) is -0.824. The molecule has 16 nitrogen and oxygen atoms in total. The van der Waals surface area contributed by atoms with E-state index >= 15 is 0 Å². The Balaban J connectivity index is 0.956. The van der Waals surface area contributed by atoms with Crippen molar-refractivity contribution in [2.24, 2.45) is 18.9 Å². The second-order valence-corrected chi connectivity index (χ2v) is 15.4. The number of hydrogen-bond donors (Lipinski definition) is 3. The summed E-state index contributed by atoms with van der Waals surface area (Å²) in [6, 6.07) is 7.35. The topological polar surface area (TPSA) is 177 Å². The van der Waals surface area contributed by atoms with E-state index in [1.807, 2.05) is 0 Å². The van der Waals surface area contributed by atoms with Crippen LogP contribution in [0.25, 0.3) is 16.9 Å². The summed E-state index contributed by atoms with van der Waals surface area (Å²) in [4.78, 5) is 63.5. The number of imidazole rings is 1. The molecule has 3 amide bonds. The highest BCUT2D eigenvalue weighted by Crippen LogP contribution is 2.37. The highest BCUT2D eigenvalue weighted by molar-refractivity contribution is 6.34. The molecule has 0 unspecified atom stereocenters. The number of nitrogens with zero attached hydrogens (tertiary/aromatic N) is 8. The van der Waals surface area contributed by atoms with Crippen molar-refractivity contribution < 1.29 is 46.7 Å². The Hall–Kier alpha value is -5.53. The van der Waals surface area contributed by atoms with E-state index in [1.165, 1.54) is 61.5 Å². The summed E-state index contributed by atoms with van der Waals surface area (Å²) < 4.78 is 50.2. The number of likely N-dealkylation sites (tertiary alicyclic amines) is 1. The molecule has 0 atom stereocenters. The largest absolute Gasteiger partial charge is 0.481 e. The molecule has 308 valence electrons. The first-order valence-corrected chi connectivity index (χ1v) is 19.2. The van der Waals surface area contributed by atoms with Crippen molar-refractivity contribution in [2.45, 2.75) is 19.0 Å². The number of rotatable bonds is 11. The Labute approximate surface area is 336 Å². The molecule has 0 aliphatic carbocycles. The van der Waals surface area contributed by atoms with Crippen molar-refractivity contribution in [3.8, 4) is 22.8 Å². The molecule has 3 N–H and O–H groups in total. The molecule has 3 saturated heterocycles. The lowest BCUT2D eigenvalue weighted by atomic mass is 9.90. The molecule has 20 heteroatoms. The zero-order chi connectivity index (χ0) is 41.4. The fourth-order valence-corrected chi connectivity index (χ4v) is 8.26. The summed E-state index contributed by atoms with van der Waals surface area (Å²) in [6.45, 7) is 5.25. The van der Waals surface area contributed by atoms with Crippen LogP contribution in [-0.4, -0.2) is 140 Å². The first kappa shape index (κ1) is 40.7. The van der Waals surface area contributed by atoms with Crippen LogP contribution in [0.2, 0.25) is 5.02 Å². The summed E-state index contributed by atoms with van der Waals surface area (Å²) in [5, 5.41) is 19.3. The third kappa shape index (κ3) is 8.51. The highest BCUT2D eigenvalue weighted by atomic mass is 35.5. The van der Waals surface area contributed by atoms with E-state index in [9.17, 15) is 37.5 Å². The Kier molecular flexibility index (Phi) is 11.5. The van der Waals surface area contributed by atoms with E-state index in [1.54, 1.807) is 9.80 Å². The van der Waals surface area contributed by atoms with Gasteiger partial charge < -0.3 is 39.3 Å². The van der Waals surface area contributed by atoms with Crippen LogP contribution in [0.15, 0.2) is 48.9 Å². The maximum atomic E-state index is 14.1. The smallest absolute Gasteiger partial charge is 0.435 e. The Morgan fingerprint density at radius 1 is 1.02 bits per heavy atom. The lowest BCUT2D eigenvalue weighted by Crippen LogP contribution is -2.62. The molecule has 0 saturated carbocycles. The molecule has 3 aromatic heterocycles. The summed E-state index contributed by atoms with van der Waals surface area (Å²) in [6.07, 6.45) is 0.0663. The minimum Gasteiger partial charge on any atom is -0.481 e. The highest BCUT2D eigenvalue weighted by Gasteiger charge is 2.42. The van der Waals surface area contributed by atoms with Crippen LogP contribution < -0.4 is 15.4 Å². The minimum absolute atomic E-state index is 0.0149. The zero-order valence-corrected chi connectivity index (χ0v) is 32.6. The number of piperazine rings is 1. The molecule has 4 aromatic rings. The minimum atomic E-state index is -4.82. The number of carbonyl (C=O) groups excluding carboxylic acids is 3. The predicted octanol–water partition coefficient (Wildman–Crippen LogP) is 3.42. The molecule has 58 heavy (non-hydrogen) atoms. The third-order valence-corrected chi connectivity index (χ3v) is 11.5. The molecular weight excluding hydrogens is 785 g/mol. The summed E-state index contributed by atoms with van der Waals surface area (Å²) >= 11 is 6.54. The van der Waals surface area contributed by atoms with E-state index in [-0.39, 0.29) is 69.2 Å². The van der Waals surface area contributed by atoms with Gasteiger partial charge in [-0.15, -0.1) is 0 Å². The number of quaternary nitrogens is 1. The average molecular weight is 828 g/mol. The fraction of sp³-hybridized carbons (Fsp3) is 0.447. The van der Waals surface area contributed by atoms with Gasteiger partial charge in [0, 0.05) is 88.9 Å². The van der Waals surface area contributed by atoms with Crippen LogP contribution in [0.4, 0.5) is 18.9 Å². The van der Waals surface area contributed by atoms with Crippen molar-refractivity contribution >= 4 is 41.0 Å². The van der Waals surface area contributed by atoms with Crippen LogP contribution >= 0.6 is 11.6 Å². The summed E-state index contributed by atoms with van der Waals surface area (Å²) in [7, 11) is 2.82. The van der Waals surface area contributed by atoms with Gasteiger partial charge in [-0.2, -0.15) is 18.3 Å². The van der Waals surface area contributed by atoms with E-state index in [0.29, 0.717) is 62.5 Å². The number of carbonyl (C=O) groups is 4. The second kappa shape index (κ2) is 16.4. The van der Waals surface area contributed by atoms with Gasteiger partial charge in [-0.05, 0) is 24.3 Å². The number of aromatic nitrogens is 5. The number of piperidine rings is 1. The first-order valence-electron chi connectivity index (χ1n) is 18.8. The monoisotopic (exact) mass is 827 g/mol. The van der Waals surface area contributed by atoms with E-state index < -0.39 is 23.7 Å². The molecule has 0 bridgehead atoms. The number of methoxy groups -OCH3 is 1. The van der Waals surface area contributed by atoms with Crippen LogP contribution in [0.5, 0.6) is 5.88 Å². The number of carboxylic acids is 1. The Bertz CT molecular complexity index is 2190. The average Bonchev–Trinajstić information content (AvgIpc) is 3.80. The third-order valence-electron chi connectivity index (χ3n) is 11.2.